The van der Waals surface area contributed by atoms with E-state index < -0.39 is 11.9 Å². The molecule has 3 rings (SSSR count). The minimum Gasteiger partial charge on any atom is -0.384 e. The first-order valence-electron chi connectivity index (χ1n) is 7.62. The standard InChI is InChI=1S/C16H18N4O3/c1-3-17-11-6-4-5-10-14(11)18-9(2)20(16(10)23)12-7-8-13(21)19-15(12)22/h4-6,12,17H,3,7-8H2,1-2H3,(H,19,21,22). The molecule has 1 unspecified atom stereocenters. The number of rotatable bonds is 3. The van der Waals surface area contributed by atoms with E-state index in [1.54, 1.807) is 19.1 Å². The number of nitrogens with one attached hydrogen (secondary N) is 2. The summed E-state index contributed by atoms with van der Waals surface area (Å²) in [5.74, 6) is -0.294. The monoisotopic (exact) mass is 314 g/mol. The van der Waals surface area contributed by atoms with Gasteiger partial charge in [0.2, 0.25) is 11.8 Å². The van der Waals surface area contributed by atoms with Crippen LogP contribution in [0.5, 0.6) is 0 Å². The number of benzene rings is 1. The van der Waals surface area contributed by atoms with Crippen LogP contribution in [0.25, 0.3) is 10.9 Å². The fourth-order valence-electron chi connectivity index (χ4n) is 2.96. The average Bonchev–Trinajstić information content (AvgIpc) is 2.50. The molecule has 7 heteroatoms. The quantitative estimate of drug-likeness (QED) is 0.828. The van der Waals surface area contributed by atoms with E-state index >= 15 is 0 Å². The summed E-state index contributed by atoms with van der Waals surface area (Å²) in [5, 5.41) is 5.93. The van der Waals surface area contributed by atoms with Crippen molar-refractivity contribution in [1.29, 1.82) is 0 Å². The molecular formula is C16H18N4O3. The number of carbonyl (C=O) groups is 2. The third-order valence-corrected chi connectivity index (χ3v) is 4.00. The van der Waals surface area contributed by atoms with Crippen molar-refractivity contribution in [2.45, 2.75) is 32.7 Å². The van der Waals surface area contributed by atoms with Gasteiger partial charge in [0, 0.05) is 13.0 Å². The Balaban J connectivity index is 2.18. The van der Waals surface area contributed by atoms with Crippen LogP contribution in [0, 0.1) is 6.92 Å². The summed E-state index contributed by atoms with van der Waals surface area (Å²) in [5.41, 5.74) is 1.13. The van der Waals surface area contributed by atoms with Crippen LogP contribution in [0.4, 0.5) is 5.69 Å². The van der Waals surface area contributed by atoms with E-state index in [0.29, 0.717) is 23.1 Å². The molecule has 2 N–H and O–H groups in total. The fourth-order valence-corrected chi connectivity index (χ4v) is 2.96. The van der Waals surface area contributed by atoms with Crippen molar-refractivity contribution in [3.8, 4) is 0 Å². The Morgan fingerprint density at radius 1 is 1.35 bits per heavy atom. The number of hydrogen-bond acceptors (Lipinski definition) is 5. The van der Waals surface area contributed by atoms with Crippen LogP contribution in [-0.2, 0) is 9.59 Å². The second-order valence-electron chi connectivity index (χ2n) is 5.53. The van der Waals surface area contributed by atoms with Crippen molar-refractivity contribution in [3.63, 3.8) is 0 Å². The van der Waals surface area contributed by atoms with E-state index in [4.69, 9.17) is 0 Å². The number of imide groups is 1. The third-order valence-electron chi connectivity index (χ3n) is 4.00. The maximum Gasteiger partial charge on any atom is 0.262 e. The molecule has 1 aromatic heterocycles. The van der Waals surface area contributed by atoms with Gasteiger partial charge < -0.3 is 5.32 Å². The SMILES string of the molecule is CCNc1cccc2c(=O)n(C3CCC(=O)NC3=O)c(C)nc12. The first-order valence-corrected chi connectivity index (χ1v) is 7.62. The average molecular weight is 314 g/mol. The second-order valence-corrected chi connectivity index (χ2v) is 5.53. The third kappa shape index (κ3) is 2.58. The van der Waals surface area contributed by atoms with Crippen molar-refractivity contribution in [2.75, 3.05) is 11.9 Å². The number of amides is 2. The molecule has 0 bridgehead atoms. The van der Waals surface area contributed by atoms with Crippen LogP contribution in [0.3, 0.4) is 0 Å². The Morgan fingerprint density at radius 2 is 2.13 bits per heavy atom. The van der Waals surface area contributed by atoms with Gasteiger partial charge in [-0.25, -0.2) is 4.98 Å². The maximum atomic E-state index is 12.9. The minimum atomic E-state index is -0.695. The zero-order valence-electron chi connectivity index (χ0n) is 13.0. The summed E-state index contributed by atoms with van der Waals surface area (Å²) in [4.78, 5) is 40.8. The number of carbonyl (C=O) groups excluding carboxylic acids is 2. The highest BCUT2D eigenvalue weighted by molar-refractivity contribution is 5.99. The van der Waals surface area contributed by atoms with E-state index in [0.717, 1.165) is 12.2 Å². The molecule has 1 saturated heterocycles. The summed E-state index contributed by atoms with van der Waals surface area (Å²) < 4.78 is 1.39. The molecule has 7 nitrogen and oxygen atoms in total. The van der Waals surface area contributed by atoms with Crippen LogP contribution >= 0.6 is 0 Å². The molecule has 120 valence electrons. The number of aromatic nitrogens is 2. The lowest BCUT2D eigenvalue weighted by molar-refractivity contribution is -0.135. The summed E-state index contributed by atoms with van der Waals surface area (Å²) in [6.45, 7) is 4.39. The van der Waals surface area contributed by atoms with E-state index in [-0.39, 0.29) is 17.9 Å². The molecule has 0 saturated carbocycles. The molecule has 23 heavy (non-hydrogen) atoms. The van der Waals surface area contributed by atoms with Gasteiger partial charge >= 0.3 is 0 Å². The number of fused-ring (bicyclic) bond motifs is 1. The predicted octanol–water partition coefficient (Wildman–Crippen LogP) is 1.11. The summed E-state index contributed by atoms with van der Waals surface area (Å²) in [6, 6.07) is 4.66. The molecule has 0 spiro atoms. The number of nitrogens with zero attached hydrogens (tertiary/aromatic N) is 2. The van der Waals surface area contributed by atoms with Gasteiger partial charge in [-0.2, -0.15) is 0 Å². The highest BCUT2D eigenvalue weighted by Gasteiger charge is 2.30. The number of piperidine rings is 1. The normalized spacial score (nSPS) is 18.1. The molecule has 1 fully saturated rings. The van der Waals surface area contributed by atoms with Crippen LogP contribution < -0.4 is 16.2 Å². The van der Waals surface area contributed by atoms with Crippen molar-refractivity contribution in [3.05, 3.63) is 34.4 Å². The molecule has 2 heterocycles. The van der Waals surface area contributed by atoms with Crippen LogP contribution in [0.1, 0.15) is 31.6 Å². The summed E-state index contributed by atoms with van der Waals surface area (Å²) >= 11 is 0. The van der Waals surface area contributed by atoms with E-state index in [2.05, 4.69) is 15.6 Å². The lowest BCUT2D eigenvalue weighted by Gasteiger charge is -2.24. The van der Waals surface area contributed by atoms with Crippen LogP contribution in [-0.4, -0.2) is 27.9 Å². The molecule has 0 aliphatic carbocycles. The Labute approximate surface area is 132 Å². The maximum absolute atomic E-state index is 12.9. The van der Waals surface area contributed by atoms with Crippen molar-refractivity contribution in [2.24, 2.45) is 0 Å². The van der Waals surface area contributed by atoms with Crippen molar-refractivity contribution in [1.82, 2.24) is 14.9 Å². The van der Waals surface area contributed by atoms with Gasteiger partial charge in [0.25, 0.3) is 5.56 Å². The Morgan fingerprint density at radius 3 is 2.83 bits per heavy atom. The smallest absolute Gasteiger partial charge is 0.262 e. The van der Waals surface area contributed by atoms with E-state index in [1.807, 2.05) is 13.0 Å². The highest BCUT2D eigenvalue weighted by Crippen LogP contribution is 2.23. The number of anilines is 1. The number of aryl methyl sites for hydroxylation is 1. The molecule has 0 radical (unpaired) electrons. The Hall–Kier alpha value is -2.70. The first kappa shape index (κ1) is 15.2. The van der Waals surface area contributed by atoms with Gasteiger partial charge in [0.1, 0.15) is 17.4 Å². The lowest BCUT2D eigenvalue weighted by Crippen LogP contribution is -2.45. The Kier molecular flexibility index (Phi) is 3.85. The van der Waals surface area contributed by atoms with Gasteiger partial charge in [-0.15, -0.1) is 0 Å². The van der Waals surface area contributed by atoms with E-state index in [1.165, 1.54) is 4.57 Å². The summed E-state index contributed by atoms with van der Waals surface area (Å²) in [6.07, 6.45) is 0.531. The molecule has 2 amide bonds. The van der Waals surface area contributed by atoms with Gasteiger partial charge in [0.05, 0.1) is 11.1 Å². The van der Waals surface area contributed by atoms with Crippen molar-refractivity contribution < 1.29 is 9.59 Å². The molecule has 2 aromatic rings. The topological polar surface area (TPSA) is 93.1 Å². The minimum absolute atomic E-state index is 0.220. The fraction of sp³-hybridized carbons (Fsp3) is 0.375. The zero-order chi connectivity index (χ0) is 16.6. The van der Waals surface area contributed by atoms with Crippen LogP contribution in [0.2, 0.25) is 0 Å². The molecular weight excluding hydrogens is 296 g/mol. The van der Waals surface area contributed by atoms with Gasteiger partial charge in [-0.3, -0.25) is 24.3 Å². The van der Waals surface area contributed by atoms with E-state index in [9.17, 15) is 14.4 Å². The molecule has 1 aromatic carbocycles. The number of hydrogen-bond donors (Lipinski definition) is 2. The summed E-state index contributed by atoms with van der Waals surface area (Å²) in [7, 11) is 0. The molecule has 1 aliphatic rings. The molecule has 1 aliphatic heterocycles. The zero-order valence-corrected chi connectivity index (χ0v) is 13.0. The lowest BCUT2D eigenvalue weighted by atomic mass is 10.1. The predicted molar refractivity (Wildman–Crippen MR) is 86.3 cm³/mol. The van der Waals surface area contributed by atoms with Crippen LogP contribution in [0.15, 0.2) is 23.0 Å². The van der Waals surface area contributed by atoms with Crippen molar-refractivity contribution >= 4 is 28.4 Å². The number of para-hydroxylation sites is 1. The highest BCUT2D eigenvalue weighted by atomic mass is 16.2. The van der Waals surface area contributed by atoms with Gasteiger partial charge in [-0.05, 0) is 32.4 Å². The van der Waals surface area contributed by atoms with Gasteiger partial charge in [0.15, 0.2) is 0 Å². The largest absolute Gasteiger partial charge is 0.384 e. The molecule has 1 atom stereocenters. The Bertz CT molecular complexity index is 856. The first-order chi connectivity index (χ1) is 11.0. The van der Waals surface area contributed by atoms with Gasteiger partial charge in [-0.1, -0.05) is 6.07 Å². The second kappa shape index (κ2) is 5.83.